The Morgan fingerprint density at radius 1 is 1.08 bits per heavy atom. The molecule has 4 aromatic rings. The predicted octanol–water partition coefficient (Wildman–Crippen LogP) is 2.55. The summed E-state index contributed by atoms with van der Waals surface area (Å²) in [4.78, 5) is 17.3. The summed E-state index contributed by atoms with van der Waals surface area (Å²) in [6.07, 6.45) is 3.68. The molecule has 186 valence electrons. The van der Waals surface area contributed by atoms with E-state index in [1.165, 1.54) is 12.1 Å². The van der Waals surface area contributed by atoms with Gasteiger partial charge in [0.1, 0.15) is 16.8 Å². The first-order valence-electron chi connectivity index (χ1n) is 11.4. The van der Waals surface area contributed by atoms with Crippen molar-refractivity contribution in [3.8, 4) is 11.1 Å². The van der Waals surface area contributed by atoms with Crippen LogP contribution in [0.15, 0.2) is 71.9 Å². The van der Waals surface area contributed by atoms with Gasteiger partial charge in [-0.25, -0.2) is 18.0 Å². The summed E-state index contributed by atoms with van der Waals surface area (Å²) < 4.78 is 16.9. The van der Waals surface area contributed by atoms with Crippen molar-refractivity contribution in [1.29, 1.82) is 0 Å². The third kappa shape index (κ3) is 5.06. The van der Waals surface area contributed by atoms with E-state index >= 15 is 0 Å². The molecule has 0 radical (unpaired) electrons. The molecule has 2 aromatic carbocycles. The largest absolute Gasteiger partial charge is 0.733 e. The third-order valence-corrected chi connectivity index (χ3v) is 7.30. The Morgan fingerprint density at radius 2 is 1.92 bits per heavy atom. The molecule has 0 saturated heterocycles. The molecule has 1 unspecified atom stereocenters. The molecule has 2 aromatic heterocycles. The van der Waals surface area contributed by atoms with Crippen molar-refractivity contribution in [2.75, 3.05) is 30.2 Å². The lowest BCUT2D eigenvalue weighted by Gasteiger charge is -2.27. The highest BCUT2D eigenvalue weighted by atomic mass is 32.2. The lowest BCUT2D eigenvalue weighted by Crippen LogP contribution is -2.34. The molecule has 0 saturated carbocycles. The van der Waals surface area contributed by atoms with Gasteiger partial charge < -0.3 is 21.1 Å². The first-order valence-corrected chi connectivity index (χ1v) is 12.5. The summed E-state index contributed by atoms with van der Waals surface area (Å²) in [6.45, 7) is 1.28. The fourth-order valence-corrected chi connectivity index (χ4v) is 5.36. The predicted molar refractivity (Wildman–Crippen MR) is 135 cm³/mol. The van der Waals surface area contributed by atoms with Crippen molar-refractivity contribution in [2.24, 2.45) is 0 Å². The molecule has 1 amide bonds. The van der Waals surface area contributed by atoms with Gasteiger partial charge in [0.05, 0.1) is 16.8 Å². The van der Waals surface area contributed by atoms with E-state index in [-0.39, 0.29) is 41.2 Å². The number of carbonyl (C=O) groups excluding carboxylic acids is 1. The zero-order chi connectivity index (χ0) is 25.1. The number of aromatic nitrogens is 3. The summed E-state index contributed by atoms with van der Waals surface area (Å²) in [5, 5.41) is 31.3. The molecule has 0 spiro atoms. The molecule has 12 heteroatoms. The fraction of sp³-hybridized carbons (Fsp3) is 0.208. The Labute approximate surface area is 209 Å². The number of carbonyl (C=O) groups is 1. The van der Waals surface area contributed by atoms with Gasteiger partial charge in [0.25, 0.3) is 0 Å². The minimum absolute atomic E-state index is 0.103. The Kier molecular flexibility index (Phi) is 6.91. The van der Waals surface area contributed by atoms with Crippen LogP contribution >= 0.6 is 0 Å². The Hall–Kier alpha value is -3.84. The fourth-order valence-electron chi connectivity index (χ4n) is 4.04. The van der Waals surface area contributed by atoms with Crippen LogP contribution in [-0.4, -0.2) is 53.9 Å². The molecule has 3 heterocycles. The monoisotopic (exact) mass is 506 g/mol. The second-order valence-corrected chi connectivity index (χ2v) is 9.67. The molecule has 1 aliphatic rings. The average molecular weight is 507 g/mol. The van der Waals surface area contributed by atoms with Crippen molar-refractivity contribution in [3.05, 3.63) is 77.8 Å². The summed E-state index contributed by atoms with van der Waals surface area (Å²) in [5.74, 6) is 0.486. The molecule has 1 aliphatic heterocycles. The van der Waals surface area contributed by atoms with Crippen molar-refractivity contribution >= 4 is 34.0 Å². The van der Waals surface area contributed by atoms with Crippen molar-refractivity contribution in [1.82, 2.24) is 24.2 Å². The SMILES string of the molecule is O=C1CCN(S(=O)c2ccccc2N([O-])O)Cc2cccc(c2)-c2cnn3ccc(nc23)NCCN1. The number of rotatable bonds is 3. The van der Waals surface area contributed by atoms with Crippen LogP contribution in [-0.2, 0) is 22.3 Å². The second-order valence-electron chi connectivity index (χ2n) is 8.22. The van der Waals surface area contributed by atoms with Crippen molar-refractivity contribution in [3.63, 3.8) is 0 Å². The second kappa shape index (κ2) is 10.4. The topological polar surface area (TPSA) is 138 Å². The van der Waals surface area contributed by atoms with E-state index < -0.39 is 11.0 Å². The van der Waals surface area contributed by atoms with E-state index in [4.69, 9.17) is 0 Å². The zero-order valence-corrected chi connectivity index (χ0v) is 20.0. The average Bonchev–Trinajstić information content (AvgIpc) is 3.31. The van der Waals surface area contributed by atoms with E-state index in [0.717, 1.165) is 16.7 Å². The molecule has 4 bridgehead atoms. The summed E-state index contributed by atoms with van der Waals surface area (Å²) >= 11 is 0. The highest BCUT2D eigenvalue weighted by Crippen LogP contribution is 2.28. The van der Waals surface area contributed by atoms with Gasteiger partial charge in [0.15, 0.2) is 5.65 Å². The molecule has 0 aliphatic carbocycles. The lowest BCUT2D eigenvalue weighted by atomic mass is 10.1. The quantitative estimate of drug-likeness (QED) is 0.361. The highest BCUT2D eigenvalue weighted by molar-refractivity contribution is 7.82. The maximum atomic E-state index is 13.6. The third-order valence-electron chi connectivity index (χ3n) is 5.80. The number of hydrogen-bond donors (Lipinski definition) is 3. The molecular formula is C24H24N7O4S-. The molecule has 0 fully saturated rings. The Morgan fingerprint density at radius 3 is 2.78 bits per heavy atom. The van der Waals surface area contributed by atoms with Crippen LogP contribution in [0.25, 0.3) is 16.8 Å². The standard InChI is InChI=1S/C24H24N7O4S/c32-23-9-12-29(36(35)21-7-2-1-6-20(21)31(33)34)16-17-4-3-5-18(14-17)19-15-27-30-13-8-22(28-24(19)30)25-10-11-26-23/h1-8,13-15,33H,9-12,16H2,(H,25,28)(H,26,32)/q-1. The summed E-state index contributed by atoms with van der Waals surface area (Å²) in [7, 11) is -1.82. The number of hydrogen-bond acceptors (Lipinski definition) is 8. The van der Waals surface area contributed by atoms with E-state index in [9.17, 15) is 19.4 Å². The molecule has 1 atom stereocenters. The summed E-state index contributed by atoms with van der Waals surface area (Å²) in [6, 6.07) is 15.7. The van der Waals surface area contributed by atoms with Gasteiger partial charge in [0, 0.05) is 44.4 Å². The maximum absolute atomic E-state index is 13.6. The van der Waals surface area contributed by atoms with E-state index in [1.807, 2.05) is 36.5 Å². The molecule has 36 heavy (non-hydrogen) atoms. The van der Waals surface area contributed by atoms with Crippen LogP contribution in [0.2, 0.25) is 0 Å². The minimum atomic E-state index is -1.82. The maximum Gasteiger partial charge on any atom is 0.221 e. The number of nitrogens with zero attached hydrogens (tertiary/aromatic N) is 5. The van der Waals surface area contributed by atoms with Crippen LogP contribution in [0.1, 0.15) is 12.0 Å². The van der Waals surface area contributed by atoms with Crippen LogP contribution in [0.4, 0.5) is 11.5 Å². The smallest absolute Gasteiger partial charge is 0.221 e. The lowest BCUT2D eigenvalue weighted by molar-refractivity contribution is -0.121. The molecule has 11 nitrogen and oxygen atoms in total. The van der Waals surface area contributed by atoms with Gasteiger partial charge in [-0.1, -0.05) is 30.3 Å². The number of anilines is 2. The first kappa shape index (κ1) is 23.9. The number of para-hydroxylation sites is 1. The normalized spacial score (nSPS) is 15.9. The minimum Gasteiger partial charge on any atom is -0.733 e. The highest BCUT2D eigenvalue weighted by Gasteiger charge is 2.21. The molecular weight excluding hydrogens is 482 g/mol. The number of benzene rings is 2. The zero-order valence-electron chi connectivity index (χ0n) is 19.2. The molecule has 5 rings (SSSR count). The van der Waals surface area contributed by atoms with Gasteiger partial charge in [-0.05, 0) is 35.4 Å². The van der Waals surface area contributed by atoms with Crippen LogP contribution in [0.5, 0.6) is 0 Å². The van der Waals surface area contributed by atoms with E-state index in [2.05, 4.69) is 20.7 Å². The van der Waals surface area contributed by atoms with E-state index in [1.54, 1.807) is 27.2 Å². The van der Waals surface area contributed by atoms with Crippen LogP contribution < -0.4 is 15.9 Å². The number of nitrogens with one attached hydrogen (secondary N) is 2. The number of fused-ring (bicyclic) bond motifs is 4. The van der Waals surface area contributed by atoms with Gasteiger partial charge in [-0.15, -0.1) is 0 Å². The van der Waals surface area contributed by atoms with Gasteiger partial charge in [0.2, 0.25) is 5.91 Å². The summed E-state index contributed by atoms with van der Waals surface area (Å²) in [5.41, 5.74) is 3.16. The van der Waals surface area contributed by atoms with Gasteiger partial charge in [-0.3, -0.25) is 10.0 Å². The Balaban J connectivity index is 1.54. The van der Waals surface area contributed by atoms with Crippen LogP contribution in [0.3, 0.4) is 0 Å². The molecule has 3 N–H and O–H groups in total. The van der Waals surface area contributed by atoms with E-state index in [0.29, 0.717) is 24.6 Å². The van der Waals surface area contributed by atoms with Crippen LogP contribution in [0, 0.1) is 5.21 Å². The first-order chi connectivity index (χ1) is 17.5. The van der Waals surface area contributed by atoms with Gasteiger partial charge >= 0.3 is 0 Å². The number of amides is 1. The van der Waals surface area contributed by atoms with Gasteiger partial charge in [-0.2, -0.15) is 5.10 Å². The Bertz CT molecular complexity index is 1420. The van der Waals surface area contributed by atoms with Crippen molar-refractivity contribution < 1.29 is 14.2 Å². The van der Waals surface area contributed by atoms with Crippen molar-refractivity contribution in [2.45, 2.75) is 17.9 Å².